The van der Waals surface area contributed by atoms with Crippen LogP contribution in [0.1, 0.15) is 25.7 Å². The Bertz CT molecular complexity index is 501. The van der Waals surface area contributed by atoms with Crippen LogP contribution in [0.5, 0.6) is 0 Å². The molecule has 0 unspecified atom stereocenters. The Labute approximate surface area is 92.9 Å². The number of nitrogen functional groups attached to an aromatic ring is 1. The topological polar surface area (TPSA) is 82.5 Å². The van der Waals surface area contributed by atoms with Gasteiger partial charge in [0.05, 0.1) is 0 Å². The number of anilines is 1. The van der Waals surface area contributed by atoms with E-state index in [0.29, 0.717) is 11.3 Å². The highest BCUT2D eigenvalue weighted by atomic mass is 15.4. The number of nitrogens with zero attached hydrogens (tertiary/aromatic N) is 5. The molecule has 16 heavy (non-hydrogen) atoms. The van der Waals surface area contributed by atoms with Crippen molar-refractivity contribution in [3.05, 3.63) is 6.33 Å². The van der Waals surface area contributed by atoms with Crippen LogP contribution in [0.3, 0.4) is 0 Å². The fraction of sp³-hybridized carbons (Fsp3) is 0.600. The monoisotopic (exact) mass is 218 g/mol. The van der Waals surface area contributed by atoms with Crippen molar-refractivity contribution >= 4 is 17.0 Å². The van der Waals surface area contributed by atoms with Crippen molar-refractivity contribution in [2.24, 2.45) is 5.92 Å². The Morgan fingerprint density at radius 3 is 3.00 bits per heavy atom. The number of hydrogen-bond donors (Lipinski definition) is 1. The Morgan fingerprint density at radius 1 is 1.38 bits per heavy atom. The summed E-state index contributed by atoms with van der Waals surface area (Å²) < 4.78 is 1.83. The molecule has 84 valence electrons. The minimum atomic E-state index is 0.403. The van der Waals surface area contributed by atoms with E-state index in [1.54, 1.807) is 0 Å². The van der Waals surface area contributed by atoms with Crippen LogP contribution in [0.25, 0.3) is 11.2 Å². The van der Waals surface area contributed by atoms with Gasteiger partial charge in [0.15, 0.2) is 17.0 Å². The lowest BCUT2D eigenvalue weighted by atomic mass is 9.83. The van der Waals surface area contributed by atoms with Gasteiger partial charge in [-0.15, -0.1) is 5.10 Å². The second-order valence-electron chi connectivity index (χ2n) is 4.33. The molecule has 0 saturated heterocycles. The van der Waals surface area contributed by atoms with Gasteiger partial charge in [-0.3, -0.25) is 0 Å². The number of hydrogen-bond acceptors (Lipinski definition) is 5. The molecule has 2 heterocycles. The maximum absolute atomic E-state index is 5.70. The van der Waals surface area contributed by atoms with Gasteiger partial charge in [0.25, 0.3) is 0 Å². The summed E-state index contributed by atoms with van der Waals surface area (Å²) in [7, 11) is 0. The van der Waals surface area contributed by atoms with Crippen LogP contribution in [-0.4, -0.2) is 25.0 Å². The summed E-state index contributed by atoms with van der Waals surface area (Å²) in [5.74, 6) is 1.26. The smallest absolute Gasteiger partial charge is 0.183 e. The normalized spacial score (nSPS) is 16.5. The van der Waals surface area contributed by atoms with Gasteiger partial charge in [-0.1, -0.05) is 24.5 Å². The number of fused-ring (bicyclic) bond motifs is 1. The van der Waals surface area contributed by atoms with Crippen molar-refractivity contribution in [1.29, 1.82) is 0 Å². The van der Waals surface area contributed by atoms with E-state index in [2.05, 4.69) is 20.3 Å². The Kier molecular flexibility index (Phi) is 2.19. The maximum Gasteiger partial charge on any atom is 0.183 e. The van der Waals surface area contributed by atoms with Crippen LogP contribution < -0.4 is 5.73 Å². The predicted octanol–water partition coefficient (Wildman–Crippen LogP) is 0.994. The van der Waals surface area contributed by atoms with Gasteiger partial charge in [0, 0.05) is 6.54 Å². The van der Waals surface area contributed by atoms with E-state index in [0.717, 1.165) is 24.5 Å². The van der Waals surface area contributed by atoms with Gasteiger partial charge in [-0.2, -0.15) is 0 Å². The lowest BCUT2D eigenvalue weighted by molar-refractivity contribution is 0.278. The Hall–Kier alpha value is -1.72. The van der Waals surface area contributed by atoms with E-state index in [-0.39, 0.29) is 0 Å². The molecule has 0 atom stereocenters. The van der Waals surface area contributed by atoms with Crippen LogP contribution in [-0.2, 0) is 6.54 Å². The summed E-state index contributed by atoms with van der Waals surface area (Å²) in [6.45, 7) is 0.873. The molecular weight excluding hydrogens is 204 g/mol. The van der Waals surface area contributed by atoms with Crippen molar-refractivity contribution in [3.63, 3.8) is 0 Å². The van der Waals surface area contributed by atoms with Crippen molar-refractivity contribution in [2.75, 3.05) is 5.73 Å². The average Bonchev–Trinajstić information content (AvgIpc) is 2.61. The fourth-order valence-corrected chi connectivity index (χ4v) is 2.05. The number of rotatable bonds is 3. The van der Waals surface area contributed by atoms with Gasteiger partial charge in [0.2, 0.25) is 0 Å². The highest BCUT2D eigenvalue weighted by molar-refractivity contribution is 5.80. The summed E-state index contributed by atoms with van der Waals surface area (Å²) in [4.78, 5) is 8.06. The molecule has 1 aliphatic carbocycles. The maximum atomic E-state index is 5.70. The lowest BCUT2D eigenvalue weighted by Gasteiger charge is -2.24. The minimum Gasteiger partial charge on any atom is -0.382 e. The molecule has 6 heteroatoms. The third kappa shape index (κ3) is 1.50. The zero-order valence-electron chi connectivity index (χ0n) is 9.00. The van der Waals surface area contributed by atoms with E-state index in [1.165, 1.54) is 25.6 Å². The molecule has 1 aliphatic rings. The van der Waals surface area contributed by atoms with Gasteiger partial charge >= 0.3 is 0 Å². The molecule has 0 aliphatic heterocycles. The van der Waals surface area contributed by atoms with Crippen molar-refractivity contribution < 1.29 is 0 Å². The van der Waals surface area contributed by atoms with Crippen LogP contribution in [0.2, 0.25) is 0 Å². The van der Waals surface area contributed by atoms with Crippen LogP contribution in [0.15, 0.2) is 6.33 Å². The van der Waals surface area contributed by atoms with E-state index in [1.807, 2.05) is 4.68 Å². The second kappa shape index (κ2) is 3.70. The van der Waals surface area contributed by atoms with Crippen LogP contribution >= 0.6 is 0 Å². The summed E-state index contributed by atoms with van der Waals surface area (Å²) in [6, 6.07) is 0. The first kappa shape index (κ1) is 9.50. The average molecular weight is 218 g/mol. The molecule has 0 spiro atoms. The molecule has 0 aromatic carbocycles. The highest BCUT2D eigenvalue weighted by Crippen LogP contribution is 2.29. The summed E-state index contributed by atoms with van der Waals surface area (Å²) in [6.07, 6.45) is 6.69. The fourth-order valence-electron chi connectivity index (χ4n) is 2.05. The highest BCUT2D eigenvalue weighted by Gasteiger charge is 2.18. The molecule has 0 amide bonds. The van der Waals surface area contributed by atoms with Crippen LogP contribution in [0.4, 0.5) is 5.82 Å². The molecule has 2 aromatic rings. The predicted molar refractivity (Wildman–Crippen MR) is 59.5 cm³/mol. The van der Waals surface area contributed by atoms with Crippen molar-refractivity contribution in [2.45, 2.75) is 32.2 Å². The van der Waals surface area contributed by atoms with E-state index in [9.17, 15) is 0 Å². The molecule has 1 saturated carbocycles. The lowest BCUT2D eigenvalue weighted by Crippen LogP contribution is -2.14. The van der Waals surface area contributed by atoms with Gasteiger partial charge in [0.1, 0.15) is 6.33 Å². The summed E-state index contributed by atoms with van der Waals surface area (Å²) >= 11 is 0. The van der Waals surface area contributed by atoms with Crippen LogP contribution in [0, 0.1) is 5.92 Å². The molecule has 2 aromatic heterocycles. The quantitative estimate of drug-likeness (QED) is 0.830. The molecule has 6 nitrogen and oxygen atoms in total. The summed E-state index contributed by atoms with van der Waals surface area (Å²) in [5, 5.41) is 8.07. The zero-order valence-corrected chi connectivity index (χ0v) is 9.00. The third-order valence-corrected chi connectivity index (χ3v) is 3.30. The van der Waals surface area contributed by atoms with Crippen molar-refractivity contribution in [3.8, 4) is 0 Å². The Morgan fingerprint density at radius 2 is 2.25 bits per heavy atom. The van der Waals surface area contributed by atoms with E-state index >= 15 is 0 Å². The molecule has 2 N–H and O–H groups in total. The first-order valence-corrected chi connectivity index (χ1v) is 5.64. The minimum absolute atomic E-state index is 0.403. The first-order valence-electron chi connectivity index (χ1n) is 5.64. The molecular formula is C10H14N6. The standard InChI is InChI=1S/C10H14N6/c11-9-8-10(13-6-12-9)16(15-14-8)5-4-7-2-1-3-7/h6-7H,1-5H2,(H2,11,12,13). The SMILES string of the molecule is Nc1ncnc2c1nnn2CCC1CCC1. The number of nitrogens with two attached hydrogens (primary N) is 1. The molecule has 3 rings (SSSR count). The Balaban J connectivity index is 1.83. The molecule has 0 bridgehead atoms. The summed E-state index contributed by atoms with van der Waals surface area (Å²) in [5.41, 5.74) is 7.05. The second-order valence-corrected chi connectivity index (χ2v) is 4.33. The first-order chi connectivity index (χ1) is 7.84. The van der Waals surface area contributed by atoms with Gasteiger partial charge in [-0.05, 0) is 12.3 Å². The van der Waals surface area contributed by atoms with E-state index < -0.39 is 0 Å². The molecule has 0 radical (unpaired) electrons. The largest absolute Gasteiger partial charge is 0.382 e. The van der Waals surface area contributed by atoms with Gasteiger partial charge < -0.3 is 5.73 Å². The molecule has 1 fully saturated rings. The van der Waals surface area contributed by atoms with Gasteiger partial charge in [-0.25, -0.2) is 14.6 Å². The number of aryl methyl sites for hydroxylation is 1. The zero-order chi connectivity index (χ0) is 11.0. The van der Waals surface area contributed by atoms with Crippen molar-refractivity contribution in [1.82, 2.24) is 25.0 Å². The van der Waals surface area contributed by atoms with E-state index in [4.69, 9.17) is 5.73 Å². The number of aromatic nitrogens is 5. The third-order valence-electron chi connectivity index (χ3n) is 3.30.